The Hall–Kier alpha value is -2.44. The van der Waals surface area contributed by atoms with Gasteiger partial charge in [0.25, 0.3) is 5.91 Å². The maximum Gasteiger partial charge on any atom is 0.412 e. The number of benzene rings is 1. The van der Waals surface area contributed by atoms with Crippen molar-refractivity contribution in [2.45, 2.75) is 25.6 Å². The maximum absolute atomic E-state index is 13.2. The number of nitrogens with zero attached hydrogens (tertiary/aromatic N) is 2. The van der Waals surface area contributed by atoms with Crippen LogP contribution in [0.4, 0.5) is 13.2 Å². The average Bonchev–Trinajstić information content (AvgIpc) is 2.52. The van der Waals surface area contributed by atoms with Crippen LogP contribution in [0.25, 0.3) is 0 Å². The molecule has 22 heavy (non-hydrogen) atoms. The summed E-state index contributed by atoms with van der Waals surface area (Å²) in [5, 5.41) is 1.98. The molecule has 1 heterocycles. The van der Waals surface area contributed by atoms with Gasteiger partial charge in [-0.3, -0.25) is 4.79 Å². The van der Waals surface area contributed by atoms with Gasteiger partial charge in [-0.1, -0.05) is 37.3 Å². The third-order valence-electron chi connectivity index (χ3n) is 3.02. The second-order valence-corrected chi connectivity index (χ2v) is 4.60. The lowest BCUT2D eigenvalue weighted by molar-refractivity contribution is -0.155. The molecule has 4 nitrogen and oxygen atoms in total. The summed E-state index contributed by atoms with van der Waals surface area (Å²) < 4.78 is 39.5. The van der Waals surface area contributed by atoms with E-state index in [-0.39, 0.29) is 11.1 Å². The van der Waals surface area contributed by atoms with E-state index < -0.39 is 18.1 Å². The molecule has 0 unspecified atom stereocenters. The smallest absolute Gasteiger partial charge is 0.337 e. The molecular formula is C15H14F3N3O. The number of aryl methyl sites for hydroxylation is 1. The second kappa shape index (κ2) is 6.55. The van der Waals surface area contributed by atoms with Gasteiger partial charge in [-0.25, -0.2) is 9.97 Å². The lowest BCUT2D eigenvalue weighted by atomic mass is 10.1. The molecule has 0 aliphatic rings. The number of rotatable bonds is 4. The van der Waals surface area contributed by atoms with E-state index in [9.17, 15) is 18.0 Å². The Morgan fingerprint density at radius 1 is 1.18 bits per heavy atom. The van der Waals surface area contributed by atoms with Gasteiger partial charge in [0.1, 0.15) is 5.82 Å². The maximum atomic E-state index is 13.2. The number of halogens is 3. The van der Waals surface area contributed by atoms with Crippen molar-refractivity contribution in [2.75, 3.05) is 0 Å². The molecule has 116 valence electrons. The molecule has 1 aromatic heterocycles. The Balaban J connectivity index is 2.21. The first kappa shape index (κ1) is 15.9. The monoisotopic (exact) mass is 309 g/mol. The predicted octanol–water partition coefficient (Wildman–Crippen LogP) is 3.07. The summed E-state index contributed by atoms with van der Waals surface area (Å²) in [4.78, 5) is 19.8. The minimum atomic E-state index is -4.60. The van der Waals surface area contributed by atoms with Gasteiger partial charge in [0.05, 0.1) is 5.56 Å². The van der Waals surface area contributed by atoms with Crippen molar-refractivity contribution in [3.63, 3.8) is 0 Å². The van der Waals surface area contributed by atoms with E-state index in [2.05, 4.69) is 9.97 Å². The molecule has 0 spiro atoms. The number of hydrogen-bond acceptors (Lipinski definition) is 3. The van der Waals surface area contributed by atoms with Crippen LogP contribution in [0.2, 0.25) is 0 Å². The highest BCUT2D eigenvalue weighted by molar-refractivity contribution is 5.93. The molecule has 1 N–H and O–H groups in total. The van der Waals surface area contributed by atoms with E-state index >= 15 is 0 Å². The standard InChI is InChI=1S/C15H14F3N3O/c1-2-12-19-8-11(9-20-12)14(22)21-13(15(16,17)18)10-6-4-3-5-7-10/h3-9,13H,2H2,1H3,(H,21,22)/t13-/m1/s1. The first-order valence-corrected chi connectivity index (χ1v) is 6.65. The van der Waals surface area contributed by atoms with E-state index in [0.29, 0.717) is 12.2 Å². The Labute approximate surface area is 125 Å². The van der Waals surface area contributed by atoms with Crippen molar-refractivity contribution in [1.29, 1.82) is 0 Å². The van der Waals surface area contributed by atoms with Gasteiger partial charge in [-0.2, -0.15) is 13.2 Å². The second-order valence-electron chi connectivity index (χ2n) is 4.60. The molecule has 1 atom stereocenters. The fourth-order valence-electron chi connectivity index (χ4n) is 1.87. The Morgan fingerprint density at radius 3 is 2.27 bits per heavy atom. The Morgan fingerprint density at radius 2 is 1.77 bits per heavy atom. The van der Waals surface area contributed by atoms with E-state index in [1.807, 2.05) is 12.2 Å². The zero-order valence-electron chi connectivity index (χ0n) is 11.8. The lowest BCUT2D eigenvalue weighted by Gasteiger charge is -2.22. The minimum Gasteiger partial charge on any atom is -0.337 e. The highest BCUT2D eigenvalue weighted by Gasteiger charge is 2.41. The molecule has 0 aliphatic carbocycles. The van der Waals surface area contributed by atoms with E-state index in [1.165, 1.54) is 36.7 Å². The molecule has 0 radical (unpaired) electrons. The van der Waals surface area contributed by atoms with Gasteiger partial charge in [-0.15, -0.1) is 0 Å². The van der Waals surface area contributed by atoms with E-state index in [0.717, 1.165) is 0 Å². The van der Waals surface area contributed by atoms with Crippen molar-refractivity contribution in [1.82, 2.24) is 15.3 Å². The molecule has 0 aliphatic heterocycles. The van der Waals surface area contributed by atoms with Gasteiger partial charge in [0.15, 0.2) is 6.04 Å². The zero-order chi connectivity index (χ0) is 16.2. The normalized spacial score (nSPS) is 12.7. The number of carbonyl (C=O) groups excluding carboxylic acids is 1. The number of carbonyl (C=O) groups is 1. The number of alkyl halides is 3. The van der Waals surface area contributed by atoms with Gasteiger partial charge in [0.2, 0.25) is 0 Å². The fourth-order valence-corrected chi connectivity index (χ4v) is 1.87. The number of nitrogens with one attached hydrogen (secondary N) is 1. The van der Waals surface area contributed by atoms with Crippen LogP contribution in [-0.2, 0) is 6.42 Å². The average molecular weight is 309 g/mol. The van der Waals surface area contributed by atoms with Gasteiger partial charge >= 0.3 is 6.18 Å². The van der Waals surface area contributed by atoms with Crippen LogP contribution in [0.5, 0.6) is 0 Å². The highest BCUT2D eigenvalue weighted by Crippen LogP contribution is 2.32. The van der Waals surface area contributed by atoms with Crippen LogP contribution in [-0.4, -0.2) is 22.1 Å². The fraction of sp³-hybridized carbons (Fsp3) is 0.267. The molecule has 0 fully saturated rings. The number of amides is 1. The molecule has 1 amide bonds. The Kier molecular flexibility index (Phi) is 4.75. The van der Waals surface area contributed by atoms with E-state index in [4.69, 9.17) is 0 Å². The molecule has 2 rings (SSSR count). The van der Waals surface area contributed by atoms with Crippen molar-refractivity contribution < 1.29 is 18.0 Å². The zero-order valence-corrected chi connectivity index (χ0v) is 11.8. The summed E-state index contributed by atoms with van der Waals surface area (Å²) in [5.41, 5.74) is -0.0446. The summed E-state index contributed by atoms with van der Waals surface area (Å²) in [6.07, 6.45) is -1.57. The van der Waals surface area contributed by atoms with Gasteiger partial charge in [-0.05, 0) is 5.56 Å². The van der Waals surface area contributed by atoms with Crippen molar-refractivity contribution >= 4 is 5.91 Å². The van der Waals surface area contributed by atoms with Crippen LogP contribution in [0.3, 0.4) is 0 Å². The third kappa shape index (κ3) is 3.81. The summed E-state index contributed by atoms with van der Waals surface area (Å²) >= 11 is 0. The molecule has 0 saturated carbocycles. The minimum absolute atomic E-state index is 0.0117. The van der Waals surface area contributed by atoms with Crippen LogP contribution in [0.15, 0.2) is 42.7 Å². The number of aromatic nitrogens is 2. The summed E-state index contributed by atoms with van der Waals surface area (Å²) in [7, 11) is 0. The van der Waals surface area contributed by atoms with Gasteiger partial charge < -0.3 is 5.32 Å². The van der Waals surface area contributed by atoms with Crippen LogP contribution in [0.1, 0.15) is 34.7 Å². The van der Waals surface area contributed by atoms with Crippen molar-refractivity contribution in [2.24, 2.45) is 0 Å². The SMILES string of the molecule is CCc1ncc(C(=O)N[C@H](c2ccccc2)C(F)(F)F)cn1. The quantitative estimate of drug-likeness (QED) is 0.944. The van der Waals surface area contributed by atoms with Gasteiger partial charge in [0, 0.05) is 18.8 Å². The molecule has 0 saturated heterocycles. The summed E-state index contributed by atoms with van der Waals surface area (Å²) in [5.74, 6) is -0.346. The number of hydrogen-bond donors (Lipinski definition) is 1. The summed E-state index contributed by atoms with van der Waals surface area (Å²) in [6.45, 7) is 1.84. The largest absolute Gasteiger partial charge is 0.412 e. The van der Waals surface area contributed by atoms with Crippen molar-refractivity contribution in [3.8, 4) is 0 Å². The Bertz CT molecular complexity index is 627. The van der Waals surface area contributed by atoms with Crippen LogP contribution < -0.4 is 5.32 Å². The highest BCUT2D eigenvalue weighted by atomic mass is 19.4. The van der Waals surface area contributed by atoms with Crippen LogP contribution in [0, 0.1) is 0 Å². The first-order chi connectivity index (χ1) is 10.4. The lowest BCUT2D eigenvalue weighted by Crippen LogP contribution is -2.38. The molecule has 7 heteroatoms. The molecule has 2 aromatic rings. The van der Waals surface area contributed by atoms with Crippen molar-refractivity contribution in [3.05, 3.63) is 59.7 Å². The predicted molar refractivity (Wildman–Crippen MR) is 74.1 cm³/mol. The topological polar surface area (TPSA) is 54.9 Å². The molecule has 1 aromatic carbocycles. The molecular weight excluding hydrogens is 295 g/mol. The van der Waals surface area contributed by atoms with Crippen LogP contribution >= 0.6 is 0 Å². The first-order valence-electron chi connectivity index (χ1n) is 6.65. The third-order valence-corrected chi connectivity index (χ3v) is 3.02. The summed E-state index contributed by atoms with van der Waals surface area (Å²) in [6, 6.07) is 5.13. The molecule has 0 bridgehead atoms. The van der Waals surface area contributed by atoms with E-state index in [1.54, 1.807) is 6.07 Å².